The summed E-state index contributed by atoms with van der Waals surface area (Å²) in [4.78, 5) is 21.8. The van der Waals surface area contributed by atoms with Crippen LogP contribution in [0.2, 0.25) is 0 Å². The molecule has 142 valence electrons. The van der Waals surface area contributed by atoms with Gasteiger partial charge in [-0.2, -0.15) is 4.52 Å². The molecule has 0 aliphatic carbocycles. The zero-order valence-corrected chi connectivity index (χ0v) is 16.8. The van der Waals surface area contributed by atoms with E-state index < -0.39 is 0 Å². The first kappa shape index (κ1) is 18.4. The molecule has 0 radical (unpaired) electrons. The molecule has 4 aromatic rings. The lowest BCUT2D eigenvalue weighted by Crippen LogP contribution is -2.30. The predicted octanol–water partition coefficient (Wildman–Crippen LogP) is 3.69. The number of para-hydroxylation sites is 1. The Labute approximate surface area is 167 Å². The van der Waals surface area contributed by atoms with Gasteiger partial charge in [0, 0.05) is 11.9 Å². The van der Waals surface area contributed by atoms with E-state index in [1.807, 2.05) is 69.3 Å². The average Bonchev–Trinajstić information content (AvgIpc) is 3.09. The number of aromatic nitrogens is 4. The maximum absolute atomic E-state index is 12.6. The van der Waals surface area contributed by atoms with Gasteiger partial charge in [0.1, 0.15) is 5.82 Å². The minimum atomic E-state index is -0.313. The van der Waals surface area contributed by atoms with Gasteiger partial charge in [0.2, 0.25) is 5.91 Å². The van der Waals surface area contributed by atoms with Crippen molar-refractivity contribution in [1.82, 2.24) is 24.9 Å². The molecule has 7 heteroatoms. The molecular formula is C21H21N5OS. The number of fused-ring (bicyclic) bond motifs is 3. The second kappa shape index (κ2) is 7.59. The van der Waals surface area contributed by atoms with Crippen molar-refractivity contribution < 1.29 is 4.79 Å². The van der Waals surface area contributed by atoms with Crippen molar-refractivity contribution in [2.45, 2.75) is 37.7 Å². The molecule has 6 nitrogen and oxygen atoms in total. The molecule has 1 N–H and O–H groups in total. The van der Waals surface area contributed by atoms with E-state index in [1.54, 1.807) is 4.52 Å². The van der Waals surface area contributed by atoms with Gasteiger partial charge in [0.25, 0.3) is 0 Å². The first-order valence-electron chi connectivity index (χ1n) is 9.13. The van der Waals surface area contributed by atoms with E-state index in [0.29, 0.717) is 17.5 Å². The van der Waals surface area contributed by atoms with Crippen LogP contribution in [0.25, 0.3) is 16.6 Å². The highest BCUT2D eigenvalue weighted by Crippen LogP contribution is 2.26. The molecule has 2 heterocycles. The van der Waals surface area contributed by atoms with Crippen LogP contribution in [0.3, 0.4) is 0 Å². The Kier molecular flexibility index (Phi) is 5.00. The lowest BCUT2D eigenvalue weighted by atomic mass is 10.1. The summed E-state index contributed by atoms with van der Waals surface area (Å²) in [7, 11) is 0. The van der Waals surface area contributed by atoms with Gasteiger partial charge in [0.15, 0.2) is 10.8 Å². The van der Waals surface area contributed by atoms with E-state index in [2.05, 4.69) is 15.4 Å². The number of aryl methyl sites for hydroxylation is 2. The van der Waals surface area contributed by atoms with Gasteiger partial charge in [-0.05, 0) is 38.5 Å². The van der Waals surface area contributed by atoms with Crippen LogP contribution in [-0.4, -0.2) is 30.7 Å². The topological polar surface area (TPSA) is 72.2 Å². The van der Waals surface area contributed by atoms with E-state index in [4.69, 9.17) is 4.98 Å². The normalized spacial score (nSPS) is 12.4. The van der Waals surface area contributed by atoms with Gasteiger partial charge >= 0.3 is 0 Å². The van der Waals surface area contributed by atoms with Crippen molar-refractivity contribution in [3.8, 4) is 0 Å². The second-order valence-corrected chi connectivity index (χ2v) is 8.08. The number of benzene rings is 2. The predicted molar refractivity (Wildman–Crippen MR) is 111 cm³/mol. The first-order valence-corrected chi connectivity index (χ1v) is 10.0. The Morgan fingerprint density at radius 1 is 1.11 bits per heavy atom. The third-order valence-electron chi connectivity index (χ3n) is 4.49. The molecular weight excluding hydrogens is 370 g/mol. The van der Waals surface area contributed by atoms with Gasteiger partial charge in [-0.1, -0.05) is 53.7 Å². The summed E-state index contributed by atoms with van der Waals surface area (Å²) in [5, 5.41) is 8.76. The zero-order chi connectivity index (χ0) is 19.7. The standard InChI is InChI=1S/C21H21N5OS/c1-13-8-10-16(11-9-13)12-22-20(27)14(2)28-21-24-18-7-5-4-6-17(18)19-23-15(3)25-26(19)21/h4-11,14H,12H2,1-3H3,(H,22,27)/t14-/m1/s1. The monoisotopic (exact) mass is 391 g/mol. The fourth-order valence-corrected chi connectivity index (χ4v) is 3.84. The van der Waals surface area contributed by atoms with Crippen LogP contribution in [0.5, 0.6) is 0 Å². The summed E-state index contributed by atoms with van der Waals surface area (Å²) in [6.45, 7) is 6.28. The van der Waals surface area contributed by atoms with Crippen molar-refractivity contribution in [1.29, 1.82) is 0 Å². The minimum absolute atomic E-state index is 0.0366. The van der Waals surface area contributed by atoms with Crippen LogP contribution in [0.1, 0.15) is 23.9 Å². The number of hydrogen-bond donors (Lipinski definition) is 1. The van der Waals surface area contributed by atoms with E-state index >= 15 is 0 Å². The van der Waals surface area contributed by atoms with Gasteiger partial charge in [-0.25, -0.2) is 9.97 Å². The number of nitrogens with one attached hydrogen (secondary N) is 1. The average molecular weight is 392 g/mol. The number of hydrogen-bond acceptors (Lipinski definition) is 5. The number of amides is 1. The maximum atomic E-state index is 12.6. The Morgan fingerprint density at radius 2 is 1.86 bits per heavy atom. The molecule has 1 atom stereocenters. The van der Waals surface area contributed by atoms with E-state index in [0.717, 1.165) is 22.1 Å². The van der Waals surface area contributed by atoms with Crippen molar-refractivity contribution >= 4 is 34.2 Å². The van der Waals surface area contributed by atoms with Gasteiger partial charge < -0.3 is 5.32 Å². The molecule has 0 bridgehead atoms. The van der Waals surface area contributed by atoms with Crippen LogP contribution in [0, 0.1) is 13.8 Å². The molecule has 2 aromatic carbocycles. The van der Waals surface area contributed by atoms with Crippen molar-refractivity contribution in [3.63, 3.8) is 0 Å². The number of thioether (sulfide) groups is 1. The van der Waals surface area contributed by atoms with E-state index in [-0.39, 0.29) is 11.2 Å². The zero-order valence-electron chi connectivity index (χ0n) is 16.0. The number of carbonyl (C=O) groups is 1. The quantitative estimate of drug-likeness (QED) is 0.415. The number of carbonyl (C=O) groups excluding carboxylic acids is 1. The Hall–Kier alpha value is -2.93. The molecule has 28 heavy (non-hydrogen) atoms. The molecule has 2 aromatic heterocycles. The van der Waals surface area contributed by atoms with Gasteiger partial charge in [0.05, 0.1) is 10.8 Å². The molecule has 0 spiro atoms. The van der Waals surface area contributed by atoms with Crippen LogP contribution in [0.15, 0.2) is 53.7 Å². The van der Waals surface area contributed by atoms with Crippen molar-refractivity contribution in [3.05, 3.63) is 65.5 Å². The lowest BCUT2D eigenvalue weighted by molar-refractivity contribution is -0.120. The highest BCUT2D eigenvalue weighted by Gasteiger charge is 2.19. The maximum Gasteiger partial charge on any atom is 0.233 e. The highest BCUT2D eigenvalue weighted by atomic mass is 32.2. The summed E-state index contributed by atoms with van der Waals surface area (Å²) in [6.07, 6.45) is 0. The van der Waals surface area contributed by atoms with Gasteiger partial charge in [-0.15, -0.1) is 5.10 Å². The second-order valence-electron chi connectivity index (χ2n) is 6.77. The smallest absolute Gasteiger partial charge is 0.233 e. The Balaban J connectivity index is 1.54. The summed E-state index contributed by atoms with van der Waals surface area (Å²) in [6, 6.07) is 16.0. The molecule has 0 fully saturated rings. The third kappa shape index (κ3) is 3.71. The molecule has 0 saturated carbocycles. The molecule has 0 unspecified atom stereocenters. The van der Waals surface area contributed by atoms with Crippen LogP contribution >= 0.6 is 11.8 Å². The van der Waals surface area contributed by atoms with E-state index in [9.17, 15) is 4.79 Å². The SMILES string of the molecule is Cc1ccc(CNC(=O)[C@@H](C)Sc2nc3ccccc3c3nc(C)nn23)cc1. The molecule has 0 aliphatic rings. The minimum Gasteiger partial charge on any atom is -0.351 e. The number of rotatable bonds is 5. The third-order valence-corrected chi connectivity index (χ3v) is 5.54. The lowest BCUT2D eigenvalue weighted by Gasteiger charge is -2.13. The summed E-state index contributed by atoms with van der Waals surface area (Å²) in [5.74, 6) is 0.641. The van der Waals surface area contributed by atoms with Crippen LogP contribution in [0.4, 0.5) is 0 Å². The van der Waals surface area contributed by atoms with Crippen LogP contribution < -0.4 is 5.32 Å². The van der Waals surface area contributed by atoms with E-state index in [1.165, 1.54) is 17.3 Å². The van der Waals surface area contributed by atoms with Crippen LogP contribution in [-0.2, 0) is 11.3 Å². The Morgan fingerprint density at radius 3 is 2.64 bits per heavy atom. The summed E-state index contributed by atoms with van der Waals surface area (Å²) < 4.78 is 1.73. The first-order chi connectivity index (χ1) is 13.5. The van der Waals surface area contributed by atoms with Gasteiger partial charge in [-0.3, -0.25) is 4.79 Å². The van der Waals surface area contributed by atoms with Crippen molar-refractivity contribution in [2.75, 3.05) is 0 Å². The molecule has 4 rings (SSSR count). The Bertz CT molecular complexity index is 1150. The summed E-state index contributed by atoms with van der Waals surface area (Å²) in [5.41, 5.74) is 3.89. The van der Waals surface area contributed by atoms with Crippen molar-refractivity contribution in [2.24, 2.45) is 0 Å². The highest BCUT2D eigenvalue weighted by molar-refractivity contribution is 8.00. The fraction of sp³-hybridized carbons (Fsp3) is 0.238. The number of nitrogens with zero attached hydrogens (tertiary/aromatic N) is 4. The summed E-state index contributed by atoms with van der Waals surface area (Å²) >= 11 is 1.38. The molecule has 0 aliphatic heterocycles. The largest absolute Gasteiger partial charge is 0.351 e. The fourth-order valence-electron chi connectivity index (χ4n) is 2.96. The molecule has 1 amide bonds. The molecule has 0 saturated heterocycles.